The Bertz CT molecular complexity index is 829. The number of aryl methyl sites for hydroxylation is 1. The second-order valence-electron chi connectivity index (χ2n) is 5.48. The molecule has 0 radical (unpaired) electrons. The van der Waals surface area contributed by atoms with Gasteiger partial charge in [-0.3, -0.25) is 0 Å². The molecule has 1 fully saturated rings. The number of nitrogens with zero attached hydrogens (tertiary/aromatic N) is 4. The smallest absolute Gasteiger partial charge is 0.249 e. The molecule has 7 nitrogen and oxygen atoms in total. The lowest BCUT2D eigenvalue weighted by atomic mass is 10.2. The van der Waals surface area contributed by atoms with Crippen LogP contribution in [0.3, 0.4) is 0 Å². The number of fused-ring (bicyclic) bond motifs is 1. The molecular formula is C14H20N4O3S. The maximum absolute atomic E-state index is 12.9. The third-order valence-electron chi connectivity index (χ3n) is 4.06. The molecule has 3 heterocycles. The summed E-state index contributed by atoms with van der Waals surface area (Å²) < 4.78 is 29.9. The first-order valence-electron chi connectivity index (χ1n) is 7.64. The molecule has 0 atom stereocenters. The number of hydrogen-bond donors (Lipinski definition) is 0. The molecule has 0 aliphatic carbocycles. The van der Waals surface area contributed by atoms with E-state index in [2.05, 4.69) is 5.10 Å². The Morgan fingerprint density at radius 1 is 1.18 bits per heavy atom. The maximum atomic E-state index is 12.9. The highest BCUT2D eigenvalue weighted by molar-refractivity contribution is 7.89. The Hall–Kier alpha value is -1.67. The predicted octanol–water partition coefficient (Wildman–Crippen LogP) is 1.08. The van der Waals surface area contributed by atoms with Gasteiger partial charge in [0.1, 0.15) is 4.90 Å². The second kappa shape index (κ2) is 5.85. The van der Waals surface area contributed by atoms with Crippen molar-refractivity contribution in [2.75, 3.05) is 13.1 Å². The summed E-state index contributed by atoms with van der Waals surface area (Å²) in [6.07, 6.45) is 5.41. The third-order valence-corrected chi connectivity index (χ3v) is 5.98. The third kappa shape index (κ3) is 2.46. The van der Waals surface area contributed by atoms with Gasteiger partial charge in [0.25, 0.3) is 0 Å². The molecule has 22 heavy (non-hydrogen) atoms. The van der Waals surface area contributed by atoms with Gasteiger partial charge in [-0.25, -0.2) is 22.3 Å². The number of rotatable bonds is 3. The number of aromatic nitrogens is 3. The molecular weight excluding hydrogens is 304 g/mol. The molecule has 2 aromatic heterocycles. The highest BCUT2D eigenvalue weighted by Crippen LogP contribution is 2.22. The van der Waals surface area contributed by atoms with Gasteiger partial charge in [0, 0.05) is 25.8 Å². The maximum Gasteiger partial charge on any atom is 0.350 e. The molecule has 3 rings (SSSR count). The minimum Gasteiger partial charge on any atom is -0.249 e. The van der Waals surface area contributed by atoms with Gasteiger partial charge in [0.2, 0.25) is 10.0 Å². The zero-order valence-corrected chi connectivity index (χ0v) is 13.4. The molecule has 0 amide bonds. The van der Waals surface area contributed by atoms with Gasteiger partial charge in [0.05, 0.1) is 0 Å². The lowest BCUT2D eigenvalue weighted by Gasteiger charge is -2.19. The van der Waals surface area contributed by atoms with Crippen molar-refractivity contribution < 1.29 is 8.42 Å². The van der Waals surface area contributed by atoms with E-state index in [4.69, 9.17) is 0 Å². The largest absolute Gasteiger partial charge is 0.350 e. The van der Waals surface area contributed by atoms with Crippen LogP contribution in [-0.2, 0) is 16.6 Å². The molecule has 0 bridgehead atoms. The lowest BCUT2D eigenvalue weighted by Crippen LogP contribution is -2.32. The summed E-state index contributed by atoms with van der Waals surface area (Å²) >= 11 is 0. The van der Waals surface area contributed by atoms with E-state index in [1.807, 2.05) is 0 Å². The highest BCUT2D eigenvalue weighted by Gasteiger charge is 2.28. The van der Waals surface area contributed by atoms with Crippen LogP contribution in [0.4, 0.5) is 0 Å². The Kier molecular flexibility index (Phi) is 4.05. The number of pyridine rings is 1. The van der Waals surface area contributed by atoms with Gasteiger partial charge in [-0.2, -0.15) is 4.31 Å². The van der Waals surface area contributed by atoms with Crippen molar-refractivity contribution >= 4 is 15.7 Å². The van der Waals surface area contributed by atoms with Crippen LogP contribution in [0.1, 0.15) is 32.6 Å². The van der Waals surface area contributed by atoms with Crippen molar-refractivity contribution in [1.29, 1.82) is 0 Å². The Morgan fingerprint density at radius 2 is 1.86 bits per heavy atom. The molecule has 1 saturated heterocycles. The van der Waals surface area contributed by atoms with Gasteiger partial charge < -0.3 is 0 Å². The van der Waals surface area contributed by atoms with E-state index in [-0.39, 0.29) is 16.2 Å². The van der Waals surface area contributed by atoms with E-state index in [9.17, 15) is 13.2 Å². The van der Waals surface area contributed by atoms with Gasteiger partial charge in [-0.05, 0) is 31.9 Å². The van der Waals surface area contributed by atoms with Crippen molar-refractivity contribution in [3.8, 4) is 0 Å². The average molecular weight is 324 g/mol. The van der Waals surface area contributed by atoms with Crippen LogP contribution in [0, 0.1) is 0 Å². The van der Waals surface area contributed by atoms with Crippen LogP contribution in [0.2, 0.25) is 0 Å². The zero-order chi connectivity index (χ0) is 15.7. The summed E-state index contributed by atoms with van der Waals surface area (Å²) in [6.45, 7) is 3.27. The molecule has 2 aromatic rings. The molecule has 120 valence electrons. The summed E-state index contributed by atoms with van der Waals surface area (Å²) in [4.78, 5) is 12.2. The number of sulfonamides is 1. The monoisotopic (exact) mass is 324 g/mol. The standard InChI is InChI=1S/C14H20N4O3S/c1-2-18-14(19)17-11-7-8-12(13(17)15-18)22(20,21)16-9-5-3-4-6-10-16/h7-8,11H,2-6,9-10H2,1H3. The molecule has 0 aromatic carbocycles. The molecule has 1 aliphatic heterocycles. The summed E-state index contributed by atoms with van der Waals surface area (Å²) in [6, 6.07) is 3.11. The fourth-order valence-electron chi connectivity index (χ4n) is 2.84. The average Bonchev–Trinajstić information content (AvgIpc) is 2.71. The summed E-state index contributed by atoms with van der Waals surface area (Å²) in [5, 5.41) is 4.18. The van der Waals surface area contributed by atoms with E-state index in [0.29, 0.717) is 19.6 Å². The fraction of sp³-hybridized carbons (Fsp3) is 0.571. The van der Waals surface area contributed by atoms with E-state index < -0.39 is 10.0 Å². The normalized spacial score (nSPS) is 17.7. The van der Waals surface area contributed by atoms with E-state index in [0.717, 1.165) is 25.7 Å². The van der Waals surface area contributed by atoms with Crippen molar-refractivity contribution in [2.24, 2.45) is 0 Å². The predicted molar refractivity (Wildman–Crippen MR) is 82.4 cm³/mol. The first-order chi connectivity index (χ1) is 10.6. The van der Waals surface area contributed by atoms with Gasteiger partial charge in [-0.1, -0.05) is 12.8 Å². The quantitative estimate of drug-likeness (QED) is 0.846. The summed E-state index contributed by atoms with van der Waals surface area (Å²) in [5.74, 6) is 0. The van der Waals surface area contributed by atoms with Crippen molar-refractivity contribution in [3.63, 3.8) is 0 Å². The highest BCUT2D eigenvalue weighted by atomic mass is 32.2. The molecule has 0 N–H and O–H groups in total. The SMILES string of the molecule is CCn1nc2c(S(=O)(=O)N3CCCCCC3)cccn2c1=O. The second-order valence-corrected chi connectivity index (χ2v) is 7.39. The lowest BCUT2D eigenvalue weighted by molar-refractivity contribution is 0.424. The van der Waals surface area contributed by atoms with E-state index in [1.165, 1.54) is 19.5 Å². The Balaban J connectivity index is 2.14. The minimum atomic E-state index is -3.63. The first kappa shape index (κ1) is 15.2. The first-order valence-corrected chi connectivity index (χ1v) is 9.08. The van der Waals surface area contributed by atoms with Crippen LogP contribution in [-0.4, -0.2) is 40.0 Å². The van der Waals surface area contributed by atoms with Gasteiger partial charge in [-0.15, -0.1) is 5.10 Å². The fourth-order valence-corrected chi connectivity index (χ4v) is 4.48. The zero-order valence-electron chi connectivity index (χ0n) is 12.6. The topological polar surface area (TPSA) is 76.7 Å². The van der Waals surface area contributed by atoms with Gasteiger partial charge in [0.15, 0.2) is 5.65 Å². The van der Waals surface area contributed by atoms with Crippen LogP contribution in [0.5, 0.6) is 0 Å². The van der Waals surface area contributed by atoms with Crippen molar-refractivity contribution in [1.82, 2.24) is 18.5 Å². The van der Waals surface area contributed by atoms with Crippen LogP contribution in [0.15, 0.2) is 28.0 Å². The van der Waals surface area contributed by atoms with Gasteiger partial charge >= 0.3 is 5.69 Å². The molecule has 0 spiro atoms. The van der Waals surface area contributed by atoms with E-state index in [1.54, 1.807) is 19.2 Å². The van der Waals surface area contributed by atoms with Crippen LogP contribution >= 0.6 is 0 Å². The van der Waals surface area contributed by atoms with Crippen LogP contribution < -0.4 is 5.69 Å². The molecule has 0 saturated carbocycles. The molecule has 0 unspecified atom stereocenters. The van der Waals surface area contributed by atoms with Crippen LogP contribution in [0.25, 0.3) is 5.65 Å². The molecule has 1 aliphatic rings. The Labute approximate surface area is 129 Å². The Morgan fingerprint density at radius 3 is 2.50 bits per heavy atom. The number of hydrogen-bond acceptors (Lipinski definition) is 4. The minimum absolute atomic E-state index is 0.112. The van der Waals surface area contributed by atoms with Crippen molar-refractivity contribution in [2.45, 2.75) is 44.0 Å². The summed E-state index contributed by atoms with van der Waals surface area (Å²) in [5.41, 5.74) is -0.107. The molecule has 8 heteroatoms. The van der Waals surface area contributed by atoms with Crippen molar-refractivity contribution in [3.05, 3.63) is 28.8 Å². The summed E-state index contributed by atoms with van der Waals surface area (Å²) in [7, 11) is -3.63. The van der Waals surface area contributed by atoms with E-state index >= 15 is 0 Å².